The predicted molar refractivity (Wildman–Crippen MR) is 95.2 cm³/mol. The van der Waals surface area contributed by atoms with Crippen molar-refractivity contribution in [3.05, 3.63) is 45.5 Å². The van der Waals surface area contributed by atoms with E-state index >= 15 is 0 Å². The fraction of sp³-hybridized carbons (Fsp3) is 0.333. The van der Waals surface area contributed by atoms with E-state index in [1.54, 1.807) is 30.4 Å². The molecule has 0 radical (unpaired) electrons. The van der Waals surface area contributed by atoms with Crippen LogP contribution in [0.2, 0.25) is 10.0 Å². The van der Waals surface area contributed by atoms with Gasteiger partial charge in [0.25, 0.3) is 5.89 Å². The highest BCUT2D eigenvalue weighted by molar-refractivity contribution is 6.37. The number of nitrogens with zero attached hydrogens (tertiary/aromatic N) is 3. The summed E-state index contributed by atoms with van der Waals surface area (Å²) in [5.41, 5.74) is 0.738. The molecule has 1 aromatic carbocycles. The van der Waals surface area contributed by atoms with Crippen LogP contribution >= 0.6 is 35.6 Å². The molecule has 23 heavy (non-hydrogen) atoms. The third-order valence-electron chi connectivity index (χ3n) is 3.66. The standard InChI is InChI=1S/C15H16Cl2N4O.ClH/c1-21-8-7-18-9-13(21)15-19-14(22-20-15)6-5-10-11(16)3-2-4-12(10)17;/h2-6,13,18H,7-9H2,1H3;1H/b6-5+;. The van der Waals surface area contributed by atoms with E-state index < -0.39 is 0 Å². The van der Waals surface area contributed by atoms with E-state index in [1.807, 2.05) is 0 Å². The third kappa shape index (κ3) is 4.25. The molecule has 0 bridgehead atoms. The van der Waals surface area contributed by atoms with Crippen LogP contribution in [0.4, 0.5) is 0 Å². The average molecular weight is 376 g/mol. The van der Waals surface area contributed by atoms with Crippen LogP contribution < -0.4 is 5.32 Å². The molecule has 0 saturated carbocycles. The zero-order valence-corrected chi connectivity index (χ0v) is 14.8. The highest BCUT2D eigenvalue weighted by Crippen LogP contribution is 2.26. The van der Waals surface area contributed by atoms with Crippen molar-refractivity contribution in [2.45, 2.75) is 6.04 Å². The number of halogens is 3. The van der Waals surface area contributed by atoms with Crippen molar-refractivity contribution in [2.24, 2.45) is 0 Å². The van der Waals surface area contributed by atoms with Crippen LogP contribution in [0.1, 0.15) is 23.3 Å². The van der Waals surface area contributed by atoms with Gasteiger partial charge < -0.3 is 9.84 Å². The first-order valence-corrected chi connectivity index (χ1v) is 7.77. The van der Waals surface area contributed by atoms with Gasteiger partial charge in [0.1, 0.15) is 0 Å². The van der Waals surface area contributed by atoms with Crippen molar-refractivity contribution in [3.8, 4) is 0 Å². The zero-order chi connectivity index (χ0) is 15.5. The lowest BCUT2D eigenvalue weighted by Crippen LogP contribution is -2.44. The molecule has 1 aromatic heterocycles. The van der Waals surface area contributed by atoms with Crippen LogP contribution in [-0.4, -0.2) is 41.7 Å². The van der Waals surface area contributed by atoms with Crippen LogP contribution in [0.15, 0.2) is 22.7 Å². The largest absolute Gasteiger partial charge is 0.335 e. The number of hydrogen-bond donors (Lipinski definition) is 1. The summed E-state index contributed by atoms with van der Waals surface area (Å²) < 4.78 is 5.28. The van der Waals surface area contributed by atoms with Gasteiger partial charge in [-0.1, -0.05) is 34.4 Å². The van der Waals surface area contributed by atoms with Crippen LogP contribution in [0.5, 0.6) is 0 Å². The molecule has 1 N–H and O–H groups in total. The van der Waals surface area contributed by atoms with Gasteiger partial charge in [0.2, 0.25) is 0 Å². The SMILES string of the molecule is CN1CCNCC1c1noc(/C=C/c2c(Cl)cccc2Cl)n1.Cl. The van der Waals surface area contributed by atoms with Gasteiger partial charge in [-0.15, -0.1) is 12.4 Å². The maximum Gasteiger partial charge on any atom is 0.250 e. The first-order valence-electron chi connectivity index (χ1n) is 7.02. The molecule has 0 aliphatic carbocycles. The molecule has 124 valence electrons. The van der Waals surface area contributed by atoms with Crippen LogP contribution in [0, 0.1) is 0 Å². The number of aromatic nitrogens is 2. The molecule has 1 aliphatic heterocycles. The summed E-state index contributed by atoms with van der Waals surface area (Å²) in [6.07, 6.45) is 3.50. The Hall–Kier alpha value is -1.11. The number of likely N-dealkylation sites (N-methyl/N-ethyl adjacent to an activating group) is 1. The molecule has 2 heterocycles. The molecule has 0 amide bonds. The molecule has 0 spiro atoms. The highest BCUT2D eigenvalue weighted by atomic mass is 35.5. The second-order valence-electron chi connectivity index (χ2n) is 5.16. The summed E-state index contributed by atoms with van der Waals surface area (Å²) in [6, 6.07) is 5.51. The van der Waals surface area contributed by atoms with E-state index in [1.165, 1.54) is 0 Å². The van der Waals surface area contributed by atoms with Gasteiger partial charge >= 0.3 is 0 Å². The molecule has 8 heteroatoms. The third-order valence-corrected chi connectivity index (χ3v) is 4.32. The number of benzene rings is 1. The van der Waals surface area contributed by atoms with Crippen molar-refractivity contribution in [2.75, 3.05) is 26.7 Å². The van der Waals surface area contributed by atoms with E-state index in [4.69, 9.17) is 27.7 Å². The van der Waals surface area contributed by atoms with Gasteiger partial charge in [0.15, 0.2) is 5.82 Å². The summed E-state index contributed by atoms with van der Waals surface area (Å²) in [7, 11) is 2.06. The fourth-order valence-corrected chi connectivity index (χ4v) is 2.89. The number of hydrogen-bond acceptors (Lipinski definition) is 5. The molecule has 1 fully saturated rings. The quantitative estimate of drug-likeness (QED) is 0.889. The first kappa shape index (κ1) is 18.2. The molecular weight excluding hydrogens is 359 g/mol. The lowest BCUT2D eigenvalue weighted by Gasteiger charge is -2.30. The van der Waals surface area contributed by atoms with E-state index in [-0.39, 0.29) is 18.4 Å². The lowest BCUT2D eigenvalue weighted by atomic mass is 10.2. The summed E-state index contributed by atoms with van der Waals surface area (Å²) >= 11 is 12.2. The Kier molecular flexibility index (Phi) is 6.44. The van der Waals surface area contributed by atoms with E-state index in [2.05, 4.69) is 27.4 Å². The predicted octanol–water partition coefficient (Wildman–Crippen LogP) is 3.54. The van der Waals surface area contributed by atoms with E-state index in [0.717, 1.165) is 25.2 Å². The molecule has 1 saturated heterocycles. The molecular formula is C15H17Cl3N4O. The first-order chi connectivity index (χ1) is 10.6. The summed E-state index contributed by atoms with van der Waals surface area (Å²) in [4.78, 5) is 6.63. The average Bonchev–Trinajstić information content (AvgIpc) is 2.96. The number of rotatable bonds is 3. The molecule has 3 rings (SSSR count). The maximum atomic E-state index is 6.12. The normalized spacial score (nSPS) is 19.0. The smallest absolute Gasteiger partial charge is 0.250 e. The van der Waals surface area contributed by atoms with Gasteiger partial charge in [-0.25, -0.2) is 0 Å². The topological polar surface area (TPSA) is 54.2 Å². The Balaban J connectivity index is 0.00000192. The number of nitrogens with one attached hydrogen (secondary N) is 1. The van der Waals surface area contributed by atoms with Crippen molar-refractivity contribution >= 4 is 47.8 Å². The Morgan fingerprint density at radius 3 is 2.74 bits per heavy atom. The van der Waals surface area contributed by atoms with Gasteiger partial charge in [0.05, 0.1) is 6.04 Å². The lowest BCUT2D eigenvalue weighted by molar-refractivity contribution is 0.190. The van der Waals surface area contributed by atoms with Crippen molar-refractivity contribution in [3.63, 3.8) is 0 Å². The van der Waals surface area contributed by atoms with Gasteiger partial charge in [-0.2, -0.15) is 4.98 Å². The summed E-state index contributed by atoms with van der Waals surface area (Å²) in [6.45, 7) is 2.75. The second-order valence-corrected chi connectivity index (χ2v) is 5.97. The molecule has 5 nitrogen and oxygen atoms in total. The fourth-order valence-electron chi connectivity index (χ4n) is 2.37. The molecule has 1 aliphatic rings. The van der Waals surface area contributed by atoms with Crippen molar-refractivity contribution < 1.29 is 4.52 Å². The number of piperazine rings is 1. The zero-order valence-electron chi connectivity index (χ0n) is 12.5. The Labute approximate surface area is 151 Å². The highest BCUT2D eigenvalue weighted by Gasteiger charge is 2.24. The van der Waals surface area contributed by atoms with Crippen LogP contribution in [0.25, 0.3) is 12.2 Å². The van der Waals surface area contributed by atoms with Crippen LogP contribution in [-0.2, 0) is 0 Å². The van der Waals surface area contributed by atoms with Gasteiger partial charge in [0, 0.05) is 41.3 Å². The minimum absolute atomic E-state index is 0. The Bertz CT molecular complexity index is 669. The molecule has 2 aromatic rings. The Morgan fingerprint density at radius 1 is 1.30 bits per heavy atom. The van der Waals surface area contributed by atoms with Gasteiger partial charge in [-0.3, -0.25) is 4.90 Å². The minimum Gasteiger partial charge on any atom is -0.335 e. The van der Waals surface area contributed by atoms with E-state index in [9.17, 15) is 0 Å². The molecule has 1 unspecified atom stereocenters. The minimum atomic E-state index is 0. The second kappa shape index (κ2) is 8.13. The summed E-state index contributed by atoms with van der Waals surface area (Å²) in [5, 5.41) is 8.56. The van der Waals surface area contributed by atoms with Crippen molar-refractivity contribution in [1.29, 1.82) is 0 Å². The summed E-state index contributed by atoms with van der Waals surface area (Å²) in [5.74, 6) is 1.12. The van der Waals surface area contributed by atoms with Gasteiger partial charge in [-0.05, 0) is 25.3 Å². The monoisotopic (exact) mass is 374 g/mol. The molecule has 1 atom stereocenters. The van der Waals surface area contributed by atoms with Crippen LogP contribution in [0.3, 0.4) is 0 Å². The Morgan fingerprint density at radius 2 is 2.04 bits per heavy atom. The van der Waals surface area contributed by atoms with E-state index in [0.29, 0.717) is 21.8 Å². The van der Waals surface area contributed by atoms with Crippen molar-refractivity contribution in [1.82, 2.24) is 20.4 Å². The maximum absolute atomic E-state index is 6.12.